The van der Waals surface area contributed by atoms with E-state index >= 15 is 0 Å². The van der Waals surface area contributed by atoms with Gasteiger partial charge in [-0.1, -0.05) is 13.0 Å². The monoisotopic (exact) mass is 236 g/mol. The summed E-state index contributed by atoms with van der Waals surface area (Å²) in [4.78, 5) is 0. The van der Waals surface area contributed by atoms with E-state index in [-0.39, 0.29) is 19.3 Å². The average molecular weight is 236 g/mol. The first-order valence-corrected chi connectivity index (χ1v) is 5.89. The Morgan fingerprint density at radius 1 is 1.47 bits per heavy atom. The minimum absolute atomic E-state index is 0.0448. The zero-order valence-corrected chi connectivity index (χ0v) is 10.1. The molecule has 1 unspecified atom stereocenters. The lowest BCUT2D eigenvalue weighted by atomic mass is 9.77. The highest BCUT2D eigenvalue weighted by Gasteiger charge is 2.38. The largest absolute Gasteiger partial charge is 0.495 e. The van der Waals surface area contributed by atoms with E-state index in [0.29, 0.717) is 11.2 Å². The molecule has 2 rings (SSSR count). The number of aliphatic hydroxyl groups is 1. The van der Waals surface area contributed by atoms with E-state index < -0.39 is 7.12 Å². The van der Waals surface area contributed by atoms with Gasteiger partial charge in [0, 0.05) is 5.46 Å². The number of aliphatic hydroxyl groups excluding tert-OH is 1. The summed E-state index contributed by atoms with van der Waals surface area (Å²) in [5.41, 5.74) is 2.83. The maximum Gasteiger partial charge on any atom is 0.495 e. The molecule has 1 aromatic rings. The van der Waals surface area contributed by atoms with E-state index in [1.54, 1.807) is 0 Å². The van der Waals surface area contributed by atoms with Crippen molar-refractivity contribution >= 4 is 12.6 Å². The average Bonchev–Trinajstić information content (AvgIpc) is 2.67. The maximum absolute atomic E-state index is 9.92. The third-order valence-corrected chi connectivity index (χ3v) is 3.05. The van der Waals surface area contributed by atoms with E-state index in [4.69, 9.17) is 14.5 Å². The highest BCUT2D eigenvalue weighted by molar-refractivity contribution is 6.63. The number of ether oxygens (including phenoxy) is 1. The van der Waals surface area contributed by atoms with Gasteiger partial charge in [-0.3, -0.25) is 0 Å². The van der Waals surface area contributed by atoms with Gasteiger partial charge in [-0.05, 0) is 30.5 Å². The molecule has 0 fully saturated rings. The lowest BCUT2D eigenvalue weighted by Gasteiger charge is -2.13. The fraction of sp³-hybridized carbons (Fsp3) is 0.500. The molecule has 0 radical (unpaired) electrons. The third-order valence-electron chi connectivity index (χ3n) is 3.05. The molecule has 0 bridgehead atoms. The number of benzene rings is 1. The highest BCUT2D eigenvalue weighted by Crippen LogP contribution is 2.32. The molecule has 1 atom stereocenters. The first-order chi connectivity index (χ1) is 8.19. The van der Waals surface area contributed by atoms with Crippen LogP contribution in [0, 0.1) is 6.92 Å². The third kappa shape index (κ3) is 2.18. The fourth-order valence-corrected chi connectivity index (χ4v) is 2.28. The predicted molar refractivity (Wildman–Crippen MR) is 65.5 cm³/mol. The quantitative estimate of drug-likeness (QED) is 0.749. The molecule has 1 aromatic carbocycles. The van der Waals surface area contributed by atoms with Crippen LogP contribution < -0.4 is 10.2 Å². The zero-order valence-electron chi connectivity index (χ0n) is 10.1. The Morgan fingerprint density at radius 2 is 2.24 bits per heavy atom. The topological polar surface area (TPSA) is 58.9 Å². The summed E-state index contributed by atoms with van der Waals surface area (Å²) in [7, 11) is -0.927. The van der Waals surface area contributed by atoms with Crippen LogP contribution in [-0.4, -0.2) is 30.5 Å². The smallest absolute Gasteiger partial charge is 0.492 e. The van der Waals surface area contributed by atoms with Gasteiger partial charge in [0.2, 0.25) is 0 Å². The zero-order chi connectivity index (χ0) is 12.4. The Kier molecular flexibility index (Phi) is 3.71. The Balaban J connectivity index is 2.42. The van der Waals surface area contributed by atoms with Crippen molar-refractivity contribution in [2.24, 2.45) is 0 Å². The summed E-state index contributed by atoms with van der Waals surface area (Å²) in [6, 6.07) is 3.77. The first-order valence-electron chi connectivity index (χ1n) is 5.89. The van der Waals surface area contributed by atoms with Crippen molar-refractivity contribution in [3.8, 4) is 5.75 Å². The maximum atomic E-state index is 9.92. The van der Waals surface area contributed by atoms with Crippen LogP contribution in [0.3, 0.4) is 0 Å². The minimum atomic E-state index is -0.927. The van der Waals surface area contributed by atoms with E-state index in [0.717, 1.165) is 17.5 Å². The van der Waals surface area contributed by atoms with E-state index in [1.165, 1.54) is 0 Å². The van der Waals surface area contributed by atoms with Crippen LogP contribution in [-0.2, 0) is 4.65 Å². The standard InChI is InChI=1S/C12H17BO4/c1-3-9-11-8(2)4-5-10(16-7-6-14)12(11)13(15)17-9/h4-5,9,14-15H,3,6-7H2,1-2H3. The second-order valence-corrected chi connectivity index (χ2v) is 4.17. The van der Waals surface area contributed by atoms with Gasteiger partial charge in [-0.25, -0.2) is 0 Å². The molecule has 0 amide bonds. The van der Waals surface area contributed by atoms with Crippen LogP contribution in [0.5, 0.6) is 5.75 Å². The van der Waals surface area contributed by atoms with Crippen LogP contribution in [0.4, 0.5) is 0 Å². The molecule has 5 heteroatoms. The van der Waals surface area contributed by atoms with E-state index in [1.807, 2.05) is 26.0 Å². The van der Waals surface area contributed by atoms with Gasteiger partial charge in [0.15, 0.2) is 0 Å². The summed E-state index contributed by atoms with van der Waals surface area (Å²) >= 11 is 0. The van der Waals surface area contributed by atoms with Crippen molar-refractivity contribution in [1.82, 2.24) is 0 Å². The molecule has 1 aliphatic heterocycles. The normalized spacial score (nSPS) is 18.4. The number of fused-ring (bicyclic) bond motifs is 1. The Morgan fingerprint density at radius 3 is 2.88 bits per heavy atom. The van der Waals surface area contributed by atoms with Crippen molar-refractivity contribution < 1.29 is 19.5 Å². The second kappa shape index (κ2) is 5.08. The molecule has 1 heterocycles. The molecular formula is C12H17BO4. The van der Waals surface area contributed by atoms with Crippen LogP contribution in [0.15, 0.2) is 12.1 Å². The van der Waals surface area contributed by atoms with Gasteiger partial charge >= 0.3 is 7.12 Å². The van der Waals surface area contributed by atoms with Crippen molar-refractivity contribution in [3.05, 3.63) is 23.3 Å². The second-order valence-electron chi connectivity index (χ2n) is 4.17. The van der Waals surface area contributed by atoms with Gasteiger partial charge in [-0.15, -0.1) is 0 Å². The Bertz CT molecular complexity index is 408. The van der Waals surface area contributed by atoms with Crippen molar-refractivity contribution in [2.75, 3.05) is 13.2 Å². The first kappa shape index (κ1) is 12.4. The van der Waals surface area contributed by atoms with Crippen molar-refractivity contribution in [1.29, 1.82) is 0 Å². The van der Waals surface area contributed by atoms with Gasteiger partial charge in [0.05, 0.1) is 12.7 Å². The van der Waals surface area contributed by atoms with Gasteiger partial charge in [0.1, 0.15) is 12.4 Å². The molecule has 0 aromatic heterocycles. The highest BCUT2D eigenvalue weighted by atomic mass is 16.5. The van der Waals surface area contributed by atoms with E-state index in [2.05, 4.69) is 0 Å². The van der Waals surface area contributed by atoms with Crippen LogP contribution in [0.2, 0.25) is 0 Å². The van der Waals surface area contributed by atoms with Gasteiger partial charge in [-0.2, -0.15) is 0 Å². The van der Waals surface area contributed by atoms with E-state index in [9.17, 15) is 5.02 Å². The number of hydrogen-bond donors (Lipinski definition) is 2. The van der Waals surface area contributed by atoms with Gasteiger partial charge < -0.3 is 19.5 Å². The van der Waals surface area contributed by atoms with Gasteiger partial charge in [0.25, 0.3) is 0 Å². The molecule has 0 saturated carbocycles. The van der Waals surface area contributed by atoms with Crippen molar-refractivity contribution in [2.45, 2.75) is 26.4 Å². The Labute approximate surface area is 101 Å². The molecule has 92 valence electrons. The Hall–Kier alpha value is -1.04. The summed E-state index contributed by atoms with van der Waals surface area (Å²) in [6.07, 6.45) is 0.742. The van der Waals surface area contributed by atoms with Crippen molar-refractivity contribution in [3.63, 3.8) is 0 Å². The molecule has 0 saturated heterocycles. The SMILES string of the molecule is CCC1OB(O)c2c(OCCO)ccc(C)c21. The number of aryl methyl sites for hydroxylation is 1. The lowest BCUT2D eigenvalue weighted by molar-refractivity contribution is 0.186. The lowest BCUT2D eigenvalue weighted by Crippen LogP contribution is -2.30. The molecule has 2 N–H and O–H groups in total. The summed E-state index contributed by atoms with van der Waals surface area (Å²) in [5.74, 6) is 0.600. The predicted octanol–water partition coefficient (Wildman–Crippen LogP) is 0.535. The summed E-state index contributed by atoms with van der Waals surface area (Å²) in [5, 5.41) is 18.7. The number of rotatable bonds is 4. The van der Waals surface area contributed by atoms with Crippen LogP contribution >= 0.6 is 0 Å². The fourth-order valence-electron chi connectivity index (χ4n) is 2.28. The number of hydrogen-bond acceptors (Lipinski definition) is 4. The summed E-state index contributed by atoms with van der Waals surface area (Å²) < 4.78 is 10.9. The minimum Gasteiger partial charge on any atom is -0.492 e. The molecule has 0 aliphatic carbocycles. The van der Waals surface area contributed by atoms with Crippen LogP contribution in [0.25, 0.3) is 0 Å². The van der Waals surface area contributed by atoms with Crippen LogP contribution in [0.1, 0.15) is 30.6 Å². The molecule has 1 aliphatic rings. The molecule has 4 nitrogen and oxygen atoms in total. The molecule has 0 spiro atoms. The molecular weight excluding hydrogens is 219 g/mol. The summed E-state index contributed by atoms with van der Waals surface area (Å²) in [6.45, 7) is 4.20. The molecule has 17 heavy (non-hydrogen) atoms.